The molecule has 14 heavy (non-hydrogen) atoms. The Balaban J connectivity index is 2.93. The lowest BCUT2D eigenvalue weighted by atomic mass is 10.3. The van der Waals surface area contributed by atoms with Crippen LogP contribution in [0.1, 0.15) is 0 Å². The maximum atomic E-state index is 12.3. The number of hydrogen-bond acceptors (Lipinski definition) is 1. The number of carbonyl (C=O) groups is 1. The summed E-state index contributed by atoms with van der Waals surface area (Å²) in [7, 11) is 0. The summed E-state index contributed by atoms with van der Waals surface area (Å²) in [5.41, 5.74) is 0.253. The molecular formula is C9H6Cl2FNO. The molecule has 0 unspecified atom stereocenters. The lowest BCUT2D eigenvalue weighted by Gasteiger charge is -2.05. The lowest BCUT2D eigenvalue weighted by Crippen LogP contribution is -2.11. The zero-order chi connectivity index (χ0) is 10.7. The van der Waals surface area contributed by atoms with Crippen molar-refractivity contribution in [2.24, 2.45) is 0 Å². The fraction of sp³-hybridized carbons (Fsp3) is 0. The first-order valence-electron chi connectivity index (χ1n) is 3.62. The molecule has 74 valence electrons. The Labute approximate surface area is 90.3 Å². The summed E-state index contributed by atoms with van der Waals surface area (Å²) in [6.07, 6.45) is 0. The van der Waals surface area contributed by atoms with Crippen LogP contribution in [0, 0.1) is 0 Å². The SMILES string of the molecule is C=C(F)C(=O)Nc1cccc(Cl)c1Cl. The van der Waals surface area contributed by atoms with Crippen molar-refractivity contribution in [2.45, 2.75) is 0 Å². The summed E-state index contributed by atoms with van der Waals surface area (Å²) in [4.78, 5) is 10.9. The van der Waals surface area contributed by atoms with E-state index in [4.69, 9.17) is 23.2 Å². The smallest absolute Gasteiger partial charge is 0.283 e. The highest BCUT2D eigenvalue weighted by atomic mass is 35.5. The summed E-state index contributed by atoms with van der Waals surface area (Å²) < 4.78 is 12.3. The van der Waals surface area contributed by atoms with Gasteiger partial charge in [0.15, 0.2) is 5.83 Å². The summed E-state index contributed by atoms with van der Waals surface area (Å²) in [5, 5.41) is 2.68. The van der Waals surface area contributed by atoms with Gasteiger partial charge in [-0.25, -0.2) is 4.39 Å². The van der Waals surface area contributed by atoms with Gasteiger partial charge in [-0.3, -0.25) is 4.79 Å². The normalized spacial score (nSPS) is 9.64. The van der Waals surface area contributed by atoms with Crippen molar-refractivity contribution in [3.8, 4) is 0 Å². The standard InChI is InChI=1S/C9H6Cl2FNO/c1-5(12)9(14)13-7-4-2-3-6(10)8(7)11/h2-4H,1H2,(H,13,14). The van der Waals surface area contributed by atoms with Gasteiger partial charge >= 0.3 is 0 Å². The molecule has 0 bridgehead atoms. The molecule has 2 nitrogen and oxygen atoms in total. The van der Waals surface area contributed by atoms with Crippen LogP contribution in [-0.4, -0.2) is 5.91 Å². The molecule has 1 rings (SSSR count). The first-order valence-corrected chi connectivity index (χ1v) is 4.37. The molecule has 1 N–H and O–H groups in total. The summed E-state index contributed by atoms with van der Waals surface area (Å²) >= 11 is 11.4. The van der Waals surface area contributed by atoms with Gasteiger partial charge < -0.3 is 5.32 Å². The van der Waals surface area contributed by atoms with Crippen LogP contribution in [0.15, 0.2) is 30.6 Å². The predicted molar refractivity (Wildman–Crippen MR) is 55.3 cm³/mol. The van der Waals surface area contributed by atoms with E-state index >= 15 is 0 Å². The summed E-state index contributed by atoms with van der Waals surface area (Å²) in [5.74, 6) is -2.02. The van der Waals surface area contributed by atoms with Gasteiger partial charge in [-0.05, 0) is 12.1 Å². The molecule has 0 aliphatic heterocycles. The molecule has 1 aromatic rings. The van der Waals surface area contributed by atoms with Crippen LogP contribution in [0.4, 0.5) is 10.1 Å². The minimum absolute atomic E-state index is 0.170. The highest BCUT2D eigenvalue weighted by molar-refractivity contribution is 6.44. The number of rotatable bonds is 2. The first-order chi connectivity index (χ1) is 6.52. The molecule has 0 saturated carbocycles. The number of carbonyl (C=O) groups excluding carboxylic acids is 1. The van der Waals surface area contributed by atoms with Crippen molar-refractivity contribution in [1.29, 1.82) is 0 Å². The Bertz CT molecular complexity index is 392. The third-order valence-electron chi connectivity index (χ3n) is 1.45. The van der Waals surface area contributed by atoms with E-state index < -0.39 is 11.7 Å². The van der Waals surface area contributed by atoms with Crippen LogP contribution in [0.2, 0.25) is 10.0 Å². The number of anilines is 1. The second-order valence-corrected chi connectivity index (χ2v) is 3.25. The molecule has 1 amide bonds. The van der Waals surface area contributed by atoms with E-state index in [1.807, 2.05) is 0 Å². The van der Waals surface area contributed by atoms with Gasteiger partial charge in [0.1, 0.15) is 0 Å². The molecule has 0 spiro atoms. The Hall–Kier alpha value is -1.06. The van der Waals surface area contributed by atoms with E-state index in [-0.39, 0.29) is 15.7 Å². The highest BCUT2D eigenvalue weighted by Crippen LogP contribution is 2.29. The number of nitrogens with one attached hydrogen (secondary N) is 1. The van der Waals surface area contributed by atoms with Gasteiger partial charge in [0, 0.05) is 0 Å². The number of hydrogen-bond donors (Lipinski definition) is 1. The summed E-state index contributed by atoms with van der Waals surface area (Å²) in [6, 6.07) is 4.66. The quantitative estimate of drug-likeness (QED) is 0.780. The van der Waals surface area contributed by atoms with Crippen molar-refractivity contribution in [3.05, 3.63) is 40.7 Å². The van der Waals surface area contributed by atoms with Crippen molar-refractivity contribution >= 4 is 34.8 Å². The van der Waals surface area contributed by atoms with Gasteiger partial charge in [0.25, 0.3) is 5.91 Å². The minimum atomic E-state index is -1.08. The van der Waals surface area contributed by atoms with Gasteiger partial charge in [0.05, 0.1) is 15.7 Å². The van der Waals surface area contributed by atoms with Crippen LogP contribution in [0.25, 0.3) is 0 Å². The highest BCUT2D eigenvalue weighted by Gasteiger charge is 2.10. The zero-order valence-corrected chi connectivity index (χ0v) is 8.49. The second kappa shape index (κ2) is 4.44. The van der Waals surface area contributed by atoms with Crippen molar-refractivity contribution in [2.75, 3.05) is 5.32 Å². The van der Waals surface area contributed by atoms with Crippen LogP contribution in [-0.2, 0) is 4.79 Å². The van der Waals surface area contributed by atoms with Gasteiger partial charge in [-0.15, -0.1) is 0 Å². The van der Waals surface area contributed by atoms with E-state index in [0.717, 1.165) is 0 Å². The Morgan fingerprint density at radius 1 is 1.43 bits per heavy atom. The summed E-state index contributed by atoms with van der Waals surface area (Å²) in [6.45, 7) is 2.85. The van der Waals surface area contributed by atoms with Crippen LogP contribution in [0.3, 0.4) is 0 Å². The fourth-order valence-corrected chi connectivity index (χ4v) is 1.14. The average molecular weight is 234 g/mol. The first kappa shape index (κ1) is 11.0. The molecular weight excluding hydrogens is 228 g/mol. The molecule has 0 aliphatic rings. The Morgan fingerprint density at radius 2 is 2.07 bits per heavy atom. The molecule has 0 saturated heterocycles. The monoisotopic (exact) mass is 233 g/mol. The topological polar surface area (TPSA) is 29.1 Å². The molecule has 1 aromatic carbocycles. The number of halogens is 3. The third-order valence-corrected chi connectivity index (χ3v) is 2.27. The number of amides is 1. The Morgan fingerprint density at radius 3 is 2.64 bits per heavy atom. The number of benzene rings is 1. The third kappa shape index (κ3) is 2.47. The van der Waals surface area contributed by atoms with E-state index in [9.17, 15) is 9.18 Å². The molecule has 0 aliphatic carbocycles. The van der Waals surface area contributed by atoms with Gasteiger partial charge in [-0.1, -0.05) is 35.8 Å². The molecule has 5 heteroatoms. The van der Waals surface area contributed by atoms with Gasteiger partial charge in [-0.2, -0.15) is 0 Å². The van der Waals surface area contributed by atoms with Gasteiger partial charge in [0.2, 0.25) is 0 Å². The maximum absolute atomic E-state index is 12.3. The van der Waals surface area contributed by atoms with Crippen LogP contribution < -0.4 is 5.32 Å². The molecule has 0 atom stereocenters. The zero-order valence-electron chi connectivity index (χ0n) is 6.98. The van der Waals surface area contributed by atoms with E-state index in [1.54, 1.807) is 12.1 Å². The van der Waals surface area contributed by atoms with Crippen molar-refractivity contribution in [3.63, 3.8) is 0 Å². The molecule has 0 fully saturated rings. The molecule has 0 radical (unpaired) electrons. The maximum Gasteiger partial charge on any atom is 0.283 e. The predicted octanol–water partition coefficient (Wildman–Crippen LogP) is 3.42. The van der Waals surface area contributed by atoms with E-state index in [0.29, 0.717) is 0 Å². The van der Waals surface area contributed by atoms with Crippen molar-refractivity contribution < 1.29 is 9.18 Å². The minimum Gasteiger partial charge on any atom is -0.319 e. The van der Waals surface area contributed by atoms with Crippen LogP contribution in [0.5, 0.6) is 0 Å². The van der Waals surface area contributed by atoms with E-state index in [2.05, 4.69) is 11.9 Å². The van der Waals surface area contributed by atoms with E-state index in [1.165, 1.54) is 6.07 Å². The fourth-order valence-electron chi connectivity index (χ4n) is 0.790. The second-order valence-electron chi connectivity index (χ2n) is 2.46. The lowest BCUT2D eigenvalue weighted by molar-refractivity contribution is -0.114. The molecule has 0 heterocycles. The average Bonchev–Trinajstić information content (AvgIpc) is 2.12. The largest absolute Gasteiger partial charge is 0.319 e. The van der Waals surface area contributed by atoms with Crippen LogP contribution >= 0.6 is 23.2 Å². The molecule has 0 aromatic heterocycles. The Kier molecular flexibility index (Phi) is 3.49. The van der Waals surface area contributed by atoms with Crippen molar-refractivity contribution in [1.82, 2.24) is 0 Å².